The number of hydrogen-bond acceptors (Lipinski definition) is 2. The quantitative estimate of drug-likeness (QED) is 0.616. The van der Waals surface area contributed by atoms with Gasteiger partial charge in [-0.15, -0.1) is 0 Å². The van der Waals surface area contributed by atoms with Crippen molar-refractivity contribution in [1.29, 1.82) is 0 Å². The molecule has 0 aliphatic carbocycles. The van der Waals surface area contributed by atoms with Crippen molar-refractivity contribution in [3.63, 3.8) is 0 Å². The molecule has 0 radical (unpaired) electrons. The van der Waals surface area contributed by atoms with Crippen LogP contribution in [0.3, 0.4) is 0 Å². The van der Waals surface area contributed by atoms with Gasteiger partial charge in [0.2, 0.25) is 5.28 Å². The van der Waals surface area contributed by atoms with E-state index in [1.54, 1.807) is 0 Å². The highest BCUT2D eigenvalue weighted by Crippen LogP contribution is 2.33. The first-order valence-corrected chi connectivity index (χ1v) is 3.78. The average molecular weight is 211 g/mol. The van der Waals surface area contributed by atoms with Crippen molar-refractivity contribution < 1.29 is 13.2 Å². The van der Waals surface area contributed by atoms with Gasteiger partial charge in [-0.2, -0.15) is 13.2 Å². The lowest BCUT2D eigenvalue weighted by Crippen LogP contribution is -2.12. The minimum Gasteiger partial charge on any atom is -0.223 e. The zero-order chi connectivity index (χ0) is 10.2. The topological polar surface area (TPSA) is 25.8 Å². The number of alkyl halides is 3. The van der Waals surface area contributed by atoms with Crippen LogP contribution in [0.4, 0.5) is 13.2 Å². The second-order valence-electron chi connectivity index (χ2n) is 2.54. The van der Waals surface area contributed by atoms with Crippen LogP contribution in [0.15, 0.2) is 0 Å². The van der Waals surface area contributed by atoms with Crippen molar-refractivity contribution in [3.05, 3.63) is 22.2 Å². The first-order chi connectivity index (χ1) is 5.82. The van der Waals surface area contributed by atoms with Gasteiger partial charge in [0.15, 0.2) is 0 Å². The summed E-state index contributed by atoms with van der Waals surface area (Å²) in [5, 5.41) is -0.164. The van der Waals surface area contributed by atoms with Crippen molar-refractivity contribution in [2.75, 3.05) is 0 Å². The summed E-state index contributed by atoms with van der Waals surface area (Å²) in [6.07, 6.45) is -4.42. The lowest BCUT2D eigenvalue weighted by atomic mass is 10.2. The van der Waals surface area contributed by atoms with Gasteiger partial charge in [-0.3, -0.25) is 0 Å². The van der Waals surface area contributed by atoms with Crippen LogP contribution in [0, 0.1) is 13.8 Å². The predicted molar refractivity (Wildman–Crippen MR) is 41.5 cm³/mol. The number of aryl methyl sites for hydroxylation is 2. The largest absolute Gasteiger partial charge is 0.419 e. The van der Waals surface area contributed by atoms with E-state index in [0.717, 1.165) is 0 Å². The normalized spacial score (nSPS) is 11.8. The maximum Gasteiger partial charge on any atom is 0.419 e. The van der Waals surface area contributed by atoms with Gasteiger partial charge in [-0.25, -0.2) is 9.97 Å². The molecule has 0 aliphatic heterocycles. The second kappa shape index (κ2) is 3.14. The minimum absolute atomic E-state index is 0.148. The molecule has 6 heteroatoms. The molecule has 0 atom stereocenters. The molecule has 0 N–H and O–H groups in total. The van der Waals surface area contributed by atoms with Crippen LogP contribution >= 0.6 is 11.6 Å². The summed E-state index contributed by atoms with van der Waals surface area (Å²) in [6, 6.07) is 0. The standard InChI is InChI=1S/C7H6ClF3N2/c1-3-5(7(9,10)11)4(2)13-6(8)12-3/h1-2H3. The Kier molecular flexibility index (Phi) is 2.47. The Balaban J connectivity index is 3.38. The van der Waals surface area contributed by atoms with E-state index in [9.17, 15) is 13.2 Å². The Labute approximate surface area is 77.8 Å². The third-order valence-corrected chi connectivity index (χ3v) is 1.70. The molecular formula is C7H6ClF3N2. The van der Waals surface area contributed by atoms with E-state index in [-0.39, 0.29) is 16.7 Å². The molecule has 0 spiro atoms. The van der Waals surface area contributed by atoms with E-state index in [0.29, 0.717) is 0 Å². The summed E-state index contributed by atoms with van der Waals surface area (Å²) in [5.41, 5.74) is -1.10. The highest BCUT2D eigenvalue weighted by atomic mass is 35.5. The summed E-state index contributed by atoms with van der Waals surface area (Å²) in [4.78, 5) is 6.87. The van der Waals surface area contributed by atoms with Crippen molar-refractivity contribution in [3.8, 4) is 0 Å². The van der Waals surface area contributed by atoms with Gasteiger partial charge >= 0.3 is 6.18 Å². The molecule has 0 bridgehead atoms. The Morgan fingerprint density at radius 2 is 1.46 bits per heavy atom. The van der Waals surface area contributed by atoms with Crippen molar-refractivity contribution >= 4 is 11.6 Å². The molecule has 13 heavy (non-hydrogen) atoms. The lowest BCUT2D eigenvalue weighted by molar-refractivity contribution is -0.139. The van der Waals surface area contributed by atoms with Crippen LogP contribution in [0.2, 0.25) is 5.28 Å². The molecule has 0 unspecified atom stereocenters. The van der Waals surface area contributed by atoms with Crippen LogP contribution in [0.5, 0.6) is 0 Å². The Morgan fingerprint density at radius 1 is 1.08 bits per heavy atom. The maximum atomic E-state index is 12.3. The lowest BCUT2D eigenvalue weighted by Gasteiger charge is -2.11. The van der Waals surface area contributed by atoms with Crippen LogP contribution in [0.1, 0.15) is 17.0 Å². The van der Waals surface area contributed by atoms with E-state index in [1.807, 2.05) is 0 Å². The van der Waals surface area contributed by atoms with Crippen LogP contribution in [-0.2, 0) is 6.18 Å². The molecule has 0 saturated heterocycles. The van der Waals surface area contributed by atoms with Gasteiger partial charge in [0, 0.05) is 0 Å². The van der Waals surface area contributed by atoms with E-state index in [1.165, 1.54) is 13.8 Å². The van der Waals surface area contributed by atoms with Gasteiger partial charge in [0.05, 0.1) is 17.0 Å². The molecule has 0 saturated carbocycles. The van der Waals surface area contributed by atoms with Gasteiger partial charge in [-0.1, -0.05) is 0 Å². The first kappa shape index (κ1) is 10.2. The minimum atomic E-state index is -4.42. The van der Waals surface area contributed by atoms with E-state index >= 15 is 0 Å². The Bertz CT molecular complexity index is 312. The SMILES string of the molecule is Cc1nc(Cl)nc(C)c1C(F)(F)F. The number of rotatable bonds is 0. The molecule has 1 aromatic heterocycles. The fourth-order valence-corrected chi connectivity index (χ4v) is 1.34. The molecule has 1 rings (SSSR count). The third kappa shape index (κ3) is 2.09. The number of hydrogen-bond donors (Lipinski definition) is 0. The van der Waals surface area contributed by atoms with Gasteiger partial charge in [0.1, 0.15) is 0 Å². The number of aromatic nitrogens is 2. The number of nitrogens with zero attached hydrogens (tertiary/aromatic N) is 2. The van der Waals surface area contributed by atoms with E-state index in [2.05, 4.69) is 9.97 Å². The monoisotopic (exact) mass is 210 g/mol. The van der Waals surface area contributed by atoms with Crippen molar-refractivity contribution in [2.24, 2.45) is 0 Å². The van der Waals surface area contributed by atoms with Gasteiger partial charge < -0.3 is 0 Å². The molecule has 1 heterocycles. The molecule has 72 valence electrons. The first-order valence-electron chi connectivity index (χ1n) is 3.40. The zero-order valence-electron chi connectivity index (χ0n) is 6.91. The Morgan fingerprint density at radius 3 is 1.77 bits per heavy atom. The molecule has 0 amide bonds. The van der Waals surface area contributed by atoms with Gasteiger partial charge in [0.25, 0.3) is 0 Å². The third-order valence-electron chi connectivity index (χ3n) is 1.53. The highest BCUT2D eigenvalue weighted by Gasteiger charge is 2.35. The van der Waals surface area contributed by atoms with Crippen LogP contribution in [-0.4, -0.2) is 9.97 Å². The zero-order valence-corrected chi connectivity index (χ0v) is 7.66. The second-order valence-corrected chi connectivity index (χ2v) is 2.87. The summed E-state index contributed by atoms with van der Waals surface area (Å²) >= 11 is 5.38. The van der Waals surface area contributed by atoms with Gasteiger partial charge in [-0.05, 0) is 25.4 Å². The van der Waals surface area contributed by atoms with Crippen LogP contribution in [0.25, 0.3) is 0 Å². The smallest absolute Gasteiger partial charge is 0.223 e. The van der Waals surface area contributed by atoms with E-state index < -0.39 is 11.7 Å². The van der Waals surface area contributed by atoms with E-state index in [4.69, 9.17) is 11.6 Å². The summed E-state index contributed by atoms with van der Waals surface area (Å²) in [7, 11) is 0. The molecule has 2 nitrogen and oxygen atoms in total. The fourth-order valence-electron chi connectivity index (χ4n) is 1.09. The Hall–Kier alpha value is -0.840. The maximum absolute atomic E-state index is 12.3. The summed E-state index contributed by atoms with van der Waals surface area (Å²) < 4.78 is 37.0. The predicted octanol–water partition coefficient (Wildman–Crippen LogP) is 2.77. The molecule has 0 fully saturated rings. The molecular weight excluding hydrogens is 205 g/mol. The van der Waals surface area contributed by atoms with Crippen molar-refractivity contribution in [1.82, 2.24) is 9.97 Å². The number of halogens is 4. The molecule has 0 aromatic carbocycles. The highest BCUT2D eigenvalue weighted by molar-refractivity contribution is 6.28. The average Bonchev–Trinajstić information content (AvgIpc) is 1.78. The fraction of sp³-hybridized carbons (Fsp3) is 0.429. The molecule has 0 aliphatic rings. The van der Waals surface area contributed by atoms with Crippen molar-refractivity contribution in [2.45, 2.75) is 20.0 Å². The summed E-state index contributed by atoms with van der Waals surface area (Å²) in [6.45, 7) is 2.51. The summed E-state index contributed by atoms with van der Waals surface area (Å²) in [5.74, 6) is 0. The van der Waals surface area contributed by atoms with Crippen LogP contribution < -0.4 is 0 Å². The molecule has 1 aromatic rings.